The summed E-state index contributed by atoms with van der Waals surface area (Å²) in [5, 5.41) is 16.1. The molecule has 0 spiro atoms. The van der Waals surface area contributed by atoms with Crippen molar-refractivity contribution in [1.82, 2.24) is 35.6 Å². The highest BCUT2D eigenvalue weighted by atomic mass is 19.3. The van der Waals surface area contributed by atoms with Crippen molar-refractivity contribution in [3.8, 4) is 11.1 Å². The standard InChI is InChI=1S/C32H23F6N7O2/c33-16-3-13(4-17(34)7-16)5-23(41-25(46)12-45-29-26(28(44-45)30(35)36)20-8-21(20)32(29,37)38)27-18(9-22-24(42-27)11-40-43-22)14-1-2-15-10-39-31(47)19(15)6-14/h1-4,6-7,9,11,20-21,23,30H,5,8,10,12H2,(H,39,47)(H,40,43)(H,41,46)/t20-,21+,23-/m0/s1. The fraction of sp³-hybridized carbons (Fsp3) is 0.281. The molecule has 5 aromatic rings. The predicted molar refractivity (Wildman–Crippen MR) is 153 cm³/mol. The number of rotatable bonds is 8. The molecule has 4 heterocycles. The molecule has 3 aromatic heterocycles. The van der Waals surface area contributed by atoms with Gasteiger partial charge in [0.2, 0.25) is 5.91 Å². The molecule has 0 radical (unpaired) electrons. The summed E-state index contributed by atoms with van der Waals surface area (Å²) in [5.74, 6) is -8.15. The number of hydrogen-bond acceptors (Lipinski definition) is 5. The molecule has 3 aliphatic rings. The Morgan fingerprint density at radius 3 is 2.62 bits per heavy atom. The molecule has 9 nitrogen and oxygen atoms in total. The highest BCUT2D eigenvalue weighted by molar-refractivity contribution is 5.99. The average Bonchev–Trinajstić information content (AvgIpc) is 3.25. The molecule has 1 fully saturated rings. The van der Waals surface area contributed by atoms with Gasteiger partial charge in [-0.3, -0.25) is 19.4 Å². The van der Waals surface area contributed by atoms with Crippen molar-refractivity contribution >= 4 is 22.8 Å². The van der Waals surface area contributed by atoms with Gasteiger partial charge >= 0.3 is 0 Å². The number of hydrogen-bond donors (Lipinski definition) is 3. The summed E-state index contributed by atoms with van der Waals surface area (Å²) >= 11 is 0. The number of alkyl halides is 4. The van der Waals surface area contributed by atoms with Gasteiger partial charge < -0.3 is 10.6 Å². The first-order chi connectivity index (χ1) is 22.5. The SMILES string of the molecule is O=C(Cn1nc(C(F)F)c2c1C(F)(F)[C@@H]1C[C@H]21)N[C@@H](Cc1cc(F)cc(F)c1)c1nc2cn[nH]c2cc1-c1ccc2c(c1)C(=O)NC2. The molecule has 2 amide bonds. The third-order valence-corrected chi connectivity index (χ3v) is 9.05. The first-order valence-corrected chi connectivity index (χ1v) is 14.7. The van der Waals surface area contributed by atoms with Crippen molar-refractivity contribution < 1.29 is 35.9 Å². The number of fused-ring (bicyclic) bond motifs is 5. The van der Waals surface area contributed by atoms with Crippen molar-refractivity contribution in [3.63, 3.8) is 0 Å². The zero-order valence-electron chi connectivity index (χ0n) is 24.1. The number of halogens is 6. The van der Waals surface area contributed by atoms with Gasteiger partial charge in [-0.15, -0.1) is 0 Å². The topological polar surface area (TPSA) is 118 Å². The Hall–Kier alpha value is -5.21. The molecule has 3 N–H and O–H groups in total. The predicted octanol–water partition coefficient (Wildman–Crippen LogP) is 5.59. The Bertz CT molecular complexity index is 2110. The smallest absolute Gasteiger partial charge is 0.293 e. The van der Waals surface area contributed by atoms with Crippen molar-refractivity contribution in [3.05, 3.63) is 99.6 Å². The molecule has 8 rings (SSSR count). The van der Waals surface area contributed by atoms with Gasteiger partial charge in [0.05, 0.1) is 23.4 Å². The minimum absolute atomic E-state index is 0.0686. The molecule has 15 heteroatoms. The number of H-pyrrole nitrogens is 1. The lowest BCUT2D eigenvalue weighted by atomic mass is 9.93. The normalized spacial score (nSPS) is 19.4. The number of carbonyl (C=O) groups excluding carboxylic acids is 2. The Morgan fingerprint density at radius 2 is 1.85 bits per heavy atom. The minimum Gasteiger partial charge on any atom is -0.348 e. The fourth-order valence-corrected chi connectivity index (χ4v) is 6.90. The molecule has 3 atom stereocenters. The van der Waals surface area contributed by atoms with Crippen LogP contribution in [-0.4, -0.2) is 36.8 Å². The van der Waals surface area contributed by atoms with Crippen molar-refractivity contribution in [2.45, 2.75) is 50.2 Å². The van der Waals surface area contributed by atoms with Gasteiger partial charge in [0, 0.05) is 35.2 Å². The molecule has 0 unspecified atom stereocenters. The number of aromatic amines is 1. The van der Waals surface area contributed by atoms with Crippen LogP contribution in [0.1, 0.15) is 68.9 Å². The lowest BCUT2D eigenvalue weighted by Gasteiger charge is -2.23. The van der Waals surface area contributed by atoms with Gasteiger partial charge in [0.15, 0.2) is 0 Å². The molecule has 1 saturated carbocycles. The molecule has 240 valence electrons. The average molecular weight is 652 g/mol. The van der Waals surface area contributed by atoms with Crippen LogP contribution in [0, 0.1) is 17.6 Å². The molecule has 2 aliphatic carbocycles. The Kier molecular flexibility index (Phi) is 6.47. The largest absolute Gasteiger partial charge is 0.348 e. The number of pyridine rings is 1. The first kappa shape index (κ1) is 29.2. The molecule has 0 saturated heterocycles. The van der Waals surface area contributed by atoms with Gasteiger partial charge in [-0.05, 0) is 59.7 Å². The number of nitrogens with zero attached hydrogens (tertiary/aromatic N) is 4. The number of amides is 2. The van der Waals surface area contributed by atoms with Crippen LogP contribution in [0.3, 0.4) is 0 Å². The zero-order chi connectivity index (χ0) is 32.8. The van der Waals surface area contributed by atoms with E-state index in [4.69, 9.17) is 4.98 Å². The van der Waals surface area contributed by atoms with Gasteiger partial charge in [-0.1, -0.05) is 12.1 Å². The molecule has 47 heavy (non-hydrogen) atoms. The van der Waals surface area contributed by atoms with Crippen LogP contribution < -0.4 is 10.6 Å². The fourth-order valence-electron chi connectivity index (χ4n) is 6.90. The van der Waals surface area contributed by atoms with E-state index >= 15 is 8.78 Å². The van der Waals surface area contributed by atoms with Crippen LogP contribution in [0.2, 0.25) is 0 Å². The Morgan fingerprint density at radius 1 is 1.06 bits per heavy atom. The lowest BCUT2D eigenvalue weighted by Crippen LogP contribution is -2.35. The maximum Gasteiger partial charge on any atom is 0.293 e. The Labute approximate surface area is 261 Å². The van der Waals surface area contributed by atoms with Crippen LogP contribution >= 0.6 is 0 Å². The Balaban J connectivity index is 1.21. The van der Waals surface area contributed by atoms with Gasteiger partial charge in [0.1, 0.15) is 35.1 Å². The number of carbonyl (C=O) groups is 2. The van der Waals surface area contributed by atoms with Crippen LogP contribution in [0.5, 0.6) is 0 Å². The summed E-state index contributed by atoms with van der Waals surface area (Å²) < 4.78 is 87.2. The number of aromatic nitrogens is 5. The van der Waals surface area contributed by atoms with Gasteiger partial charge in [0.25, 0.3) is 18.3 Å². The van der Waals surface area contributed by atoms with Crippen LogP contribution in [0.4, 0.5) is 26.3 Å². The van der Waals surface area contributed by atoms with E-state index in [0.717, 1.165) is 17.7 Å². The second-order valence-corrected chi connectivity index (χ2v) is 12.1. The molecular formula is C32H23F6N7O2. The van der Waals surface area contributed by atoms with Gasteiger partial charge in [-0.2, -0.15) is 19.0 Å². The van der Waals surface area contributed by atoms with Gasteiger partial charge in [-0.25, -0.2) is 22.5 Å². The third-order valence-electron chi connectivity index (χ3n) is 9.05. The summed E-state index contributed by atoms with van der Waals surface area (Å²) in [4.78, 5) is 30.8. The third kappa shape index (κ3) is 4.82. The highest BCUT2D eigenvalue weighted by Crippen LogP contribution is 2.68. The maximum atomic E-state index is 15.2. The summed E-state index contributed by atoms with van der Waals surface area (Å²) in [6, 6.07) is 8.63. The van der Waals surface area contributed by atoms with E-state index in [2.05, 4.69) is 25.9 Å². The maximum absolute atomic E-state index is 15.2. The lowest BCUT2D eigenvalue weighted by molar-refractivity contribution is -0.123. The quantitative estimate of drug-likeness (QED) is 0.189. The summed E-state index contributed by atoms with van der Waals surface area (Å²) in [6.07, 6.45) is -1.80. The molecule has 0 bridgehead atoms. The number of benzene rings is 2. The van der Waals surface area contributed by atoms with Crippen LogP contribution in [0.15, 0.2) is 48.7 Å². The molecular weight excluding hydrogens is 628 g/mol. The highest BCUT2D eigenvalue weighted by Gasteiger charge is 2.67. The minimum atomic E-state index is -3.43. The first-order valence-electron chi connectivity index (χ1n) is 14.7. The van der Waals surface area contributed by atoms with Crippen molar-refractivity contribution in [2.24, 2.45) is 5.92 Å². The van der Waals surface area contributed by atoms with E-state index in [-0.39, 0.29) is 35.6 Å². The summed E-state index contributed by atoms with van der Waals surface area (Å²) in [7, 11) is 0. The second kappa shape index (κ2) is 10.4. The summed E-state index contributed by atoms with van der Waals surface area (Å²) in [5.41, 5.74) is 1.81. The van der Waals surface area contributed by atoms with E-state index in [1.54, 1.807) is 24.3 Å². The zero-order valence-corrected chi connectivity index (χ0v) is 24.1. The van der Waals surface area contributed by atoms with Crippen molar-refractivity contribution in [1.29, 1.82) is 0 Å². The van der Waals surface area contributed by atoms with Crippen molar-refractivity contribution in [2.75, 3.05) is 0 Å². The van der Waals surface area contributed by atoms with E-state index in [0.29, 0.717) is 45.0 Å². The van der Waals surface area contributed by atoms with E-state index in [1.165, 1.54) is 6.20 Å². The molecule has 1 aliphatic heterocycles. The molecule has 2 aromatic carbocycles. The monoisotopic (exact) mass is 651 g/mol. The van der Waals surface area contributed by atoms with Crippen LogP contribution in [0.25, 0.3) is 22.2 Å². The van der Waals surface area contributed by atoms with Crippen LogP contribution in [-0.2, 0) is 30.2 Å². The number of nitrogens with one attached hydrogen (secondary N) is 3. The van der Waals surface area contributed by atoms with E-state index < -0.39 is 65.7 Å². The second-order valence-electron chi connectivity index (χ2n) is 12.1. The van der Waals surface area contributed by atoms with E-state index in [1.807, 2.05) is 0 Å². The van der Waals surface area contributed by atoms with E-state index in [9.17, 15) is 27.2 Å². The summed E-state index contributed by atoms with van der Waals surface area (Å²) in [6.45, 7) is -0.464.